The van der Waals surface area contributed by atoms with Gasteiger partial charge in [0.1, 0.15) is 6.61 Å². The highest BCUT2D eigenvalue weighted by Gasteiger charge is 2.47. The van der Waals surface area contributed by atoms with Gasteiger partial charge in [0, 0.05) is 12.0 Å². The van der Waals surface area contributed by atoms with E-state index < -0.39 is 48.0 Å². The molecule has 0 saturated carbocycles. The summed E-state index contributed by atoms with van der Waals surface area (Å²) in [5.41, 5.74) is 0.526. The number of alkyl carbamates (subject to hydrolysis) is 1. The summed E-state index contributed by atoms with van der Waals surface area (Å²) in [5.74, 6) is 0. The van der Waals surface area contributed by atoms with Crippen molar-refractivity contribution in [2.24, 2.45) is 5.41 Å². The molecule has 2 rings (SSSR count). The lowest BCUT2D eigenvalue weighted by atomic mass is 9.79. The molecule has 1 aromatic rings. The monoisotopic (exact) mass is 528 g/mol. The number of carbonyl (C=O) groups excluding carboxylic acids is 1. The van der Waals surface area contributed by atoms with Crippen LogP contribution in [0.3, 0.4) is 0 Å². The minimum atomic E-state index is -3.91. The molecule has 10 heteroatoms. The SMILES string of the molecule is CC(C)[Si](OCC[C@H](NS(=O)(=O)c1ccccc1)[C@@H](O)[C@H]1NC(=O)OCC1(C)C)(C(C)C)C(C)C. The number of aliphatic hydroxyl groups excluding tert-OH is 1. The van der Waals surface area contributed by atoms with Gasteiger partial charge in [0.15, 0.2) is 8.32 Å². The third-order valence-electron chi connectivity index (χ3n) is 7.29. The molecule has 35 heavy (non-hydrogen) atoms. The molecule has 8 nitrogen and oxygen atoms in total. The second-order valence-electron chi connectivity index (χ2n) is 11.2. The van der Waals surface area contributed by atoms with Crippen molar-refractivity contribution < 1.29 is 27.5 Å². The number of aliphatic hydroxyl groups is 1. The Bertz CT molecular complexity index is 915. The Morgan fingerprint density at radius 3 is 2.17 bits per heavy atom. The molecule has 0 bridgehead atoms. The molecule has 3 N–H and O–H groups in total. The Labute approximate surface area is 212 Å². The first kappa shape index (κ1) is 29.8. The number of nitrogens with one attached hydrogen (secondary N) is 2. The number of ether oxygens (including phenoxy) is 1. The van der Waals surface area contributed by atoms with Crippen LogP contribution in [0, 0.1) is 5.41 Å². The molecule has 3 atom stereocenters. The van der Waals surface area contributed by atoms with Gasteiger partial charge in [-0.3, -0.25) is 0 Å². The van der Waals surface area contributed by atoms with E-state index in [-0.39, 0.29) is 17.9 Å². The normalized spacial score (nSPS) is 20.6. The van der Waals surface area contributed by atoms with Crippen LogP contribution in [0.4, 0.5) is 4.79 Å². The Kier molecular flexibility index (Phi) is 9.97. The first-order valence-electron chi connectivity index (χ1n) is 12.5. The molecular formula is C25H44N2O6SSi. The van der Waals surface area contributed by atoms with Gasteiger partial charge in [0.05, 0.1) is 23.1 Å². The Hall–Kier alpha value is -1.46. The molecule has 0 aliphatic carbocycles. The summed E-state index contributed by atoms with van der Waals surface area (Å²) in [7, 11) is -6.09. The third kappa shape index (κ3) is 6.85. The van der Waals surface area contributed by atoms with E-state index in [1.165, 1.54) is 12.1 Å². The summed E-state index contributed by atoms with van der Waals surface area (Å²) in [6.07, 6.45) is -1.55. The van der Waals surface area contributed by atoms with Crippen LogP contribution in [-0.2, 0) is 19.2 Å². The number of carbonyl (C=O) groups is 1. The van der Waals surface area contributed by atoms with Crippen molar-refractivity contribution in [1.29, 1.82) is 0 Å². The van der Waals surface area contributed by atoms with Gasteiger partial charge in [-0.05, 0) is 35.2 Å². The van der Waals surface area contributed by atoms with Crippen LogP contribution >= 0.6 is 0 Å². The summed E-state index contributed by atoms with van der Waals surface area (Å²) < 4.78 is 40.8. The molecule has 0 radical (unpaired) electrons. The average Bonchev–Trinajstić information content (AvgIpc) is 2.76. The number of cyclic esters (lactones) is 1. The van der Waals surface area contributed by atoms with Crippen molar-refractivity contribution in [2.45, 2.75) is 102 Å². The van der Waals surface area contributed by atoms with Crippen molar-refractivity contribution in [3.05, 3.63) is 30.3 Å². The van der Waals surface area contributed by atoms with E-state index in [1.807, 2.05) is 13.8 Å². The summed E-state index contributed by atoms with van der Waals surface area (Å²) >= 11 is 0. The molecule has 1 fully saturated rings. The second-order valence-corrected chi connectivity index (χ2v) is 18.3. The fourth-order valence-corrected chi connectivity index (χ4v) is 12.3. The lowest BCUT2D eigenvalue weighted by Gasteiger charge is -2.44. The topological polar surface area (TPSA) is 114 Å². The maximum Gasteiger partial charge on any atom is 0.407 e. The van der Waals surface area contributed by atoms with Gasteiger partial charge in [0.2, 0.25) is 10.0 Å². The molecule has 0 aromatic heterocycles. The maximum atomic E-state index is 13.2. The maximum absolute atomic E-state index is 13.2. The zero-order chi connectivity index (χ0) is 26.6. The van der Waals surface area contributed by atoms with Crippen molar-refractivity contribution in [3.8, 4) is 0 Å². The number of hydrogen-bond acceptors (Lipinski definition) is 6. The van der Waals surface area contributed by atoms with Crippen molar-refractivity contribution >= 4 is 24.4 Å². The molecule has 0 unspecified atom stereocenters. The van der Waals surface area contributed by atoms with Gasteiger partial charge in [-0.2, -0.15) is 0 Å². The van der Waals surface area contributed by atoms with Crippen LogP contribution < -0.4 is 10.0 Å². The summed E-state index contributed by atoms with van der Waals surface area (Å²) in [6.45, 7) is 17.3. The van der Waals surface area contributed by atoms with E-state index >= 15 is 0 Å². The van der Waals surface area contributed by atoms with Crippen LogP contribution in [0.2, 0.25) is 16.6 Å². The molecule has 1 aliphatic heterocycles. The largest absolute Gasteiger partial charge is 0.449 e. The van der Waals surface area contributed by atoms with Crippen molar-refractivity contribution in [1.82, 2.24) is 10.0 Å². The van der Waals surface area contributed by atoms with Gasteiger partial charge in [-0.25, -0.2) is 17.9 Å². The number of rotatable bonds is 12. The van der Waals surface area contributed by atoms with Crippen molar-refractivity contribution in [2.75, 3.05) is 13.2 Å². The summed E-state index contributed by atoms with van der Waals surface area (Å²) in [4.78, 5) is 12.1. The van der Waals surface area contributed by atoms with E-state index in [0.29, 0.717) is 23.2 Å². The highest BCUT2D eigenvalue weighted by atomic mass is 32.2. The molecule has 1 aromatic carbocycles. The minimum absolute atomic E-state index is 0.114. The Morgan fingerprint density at radius 1 is 1.11 bits per heavy atom. The molecular weight excluding hydrogens is 484 g/mol. The smallest absolute Gasteiger partial charge is 0.407 e. The van der Waals surface area contributed by atoms with E-state index in [9.17, 15) is 18.3 Å². The highest BCUT2D eigenvalue weighted by Crippen LogP contribution is 2.42. The lowest BCUT2D eigenvalue weighted by Crippen LogP contribution is -2.63. The first-order valence-corrected chi connectivity index (χ1v) is 16.1. The van der Waals surface area contributed by atoms with Gasteiger partial charge in [-0.1, -0.05) is 73.6 Å². The van der Waals surface area contributed by atoms with Gasteiger partial charge >= 0.3 is 6.09 Å². The average molecular weight is 529 g/mol. The third-order valence-corrected chi connectivity index (χ3v) is 14.9. The van der Waals surface area contributed by atoms with Gasteiger partial charge in [0.25, 0.3) is 0 Å². The number of sulfonamides is 1. The number of benzene rings is 1. The van der Waals surface area contributed by atoms with E-state index in [2.05, 4.69) is 51.6 Å². The van der Waals surface area contributed by atoms with E-state index in [1.54, 1.807) is 18.2 Å². The van der Waals surface area contributed by atoms with Gasteiger partial charge in [-0.15, -0.1) is 0 Å². The first-order chi connectivity index (χ1) is 16.1. The van der Waals surface area contributed by atoms with Gasteiger partial charge < -0.3 is 19.6 Å². The zero-order valence-electron chi connectivity index (χ0n) is 22.4. The molecule has 1 saturated heterocycles. The van der Waals surface area contributed by atoms with E-state index in [4.69, 9.17) is 9.16 Å². The van der Waals surface area contributed by atoms with Crippen LogP contribution in [0.25, 0.3) is 0 Å². The minimum Gasteiger partial charge on any atom is -0.449 e. The molecule has 200 valence electrons. The van der Waals surface area contributed by atoms with Crippen LogP contribution in [0.1, 0.15) is 61.8 Å². The highest BCUT2D eigenvalue weighted by molar-refractivity contribution is 7.89. The number of hydrogen-bond donors (Lipinski definition) is 3. The standard InChI is InChI=1S/C25H44N2O6SSi/c1-17(2)35(18(3)4,19(5)6)33-15-14-21(27-34(30,31)20-12-10-9-11-13-20)22(28)23-25(7,8)16-32-24(29)26-23/h9-13,17-19,21-23,27-28H,14-16H2,1-8H3,(H,26,29)/t21-,22+,23+/m0/s1. The zero-order valence-corrected chi connectivity index (χ0v) is 24.2. The molecule has 1 aliphatic rings. The molecule has 0 spiro atoms. The summed E-state index contributed by atoms with van der Waals surface area (Å²) in [6, 6.07) is 6.49. The fourth-order valence-electron chi connectivity index (χ4n) is 5.51. The van der Waals surface area contributed by atoms with Crippen LogP contribution in [0.15, 0.2) is 35.2 Å². The fraction of sp³-hybridized carbons (Fsp3) is 0.720. The predicted octanol–water partition coefficient (Wildman–Crippen LogP) is 4.41. The van der Waals surface area contributed by atoms with Crippen LogP contribution in [0.5, 0.6) is 0 Å². The second kappa shape index (κ2) is 11.7. The van der Waals surface area contributed by atoms with Crippen molar-refractivity contribution in [3.63, 3.8) is 0 Å². The Balaban J connectivity index is 2.33. The quantitative estimate of drug-likeness (QED) is 0.346. The summed E-state index contributed by atoms with van der Waals surface area (Å²) in [5, 5.41) is 14.1. The molecule has 1 amide bonds. The lowest BCUT2D eigenvalue weighted by molar-refractivity contribution is -0.0238. The predicted molar refractivity (Wildman–Crippen MR) is 140 cm³/mol. The van der Waals surface area contributed by atoms with Crippen LogP contribution in [-0.4, -0.2) is 59.3 Å². The van der Waals surface area contributed by atoms with E-state index in [0.717, 1.165) is 0 Å². The Morgan fingerprint density at radius 2 is 1.66 bits per heavy atom. The molecule has 1 heterocycles. The number of amides is 1.